The molecule has 2 amide bonds. The van der Waals surface area contributed by atoms with Gasteiger partial charge in [-0.15, -0.1) is 10.2 Å². The fourth-order valence-electron chi connectivity index (χ4n) is 2.93. The monoisotopic (exact) mass is 452 g/mol. The summed E-state index contributed by atoms with van der Waals surface area (Å²) in [6.07, 6.45) is 3.90. The summed E-state index contributed by atoms with van der Waals surface area (Å²) in [5.41, 5.74) is 2.55. The Balaban J connectivity index is 1.36. The summed E-state index contributed by atoms with van der Waals surface area (Å²) in [6.45, 7) is 6.38. The highest BCUT2D eigenvalue weighted by molar-refractivity contribution is 7.22. The molecule has 10 heteroatoms. The van der Waals surface area contributed by atoms with Crippen molar-refractivity contribution in [2.75, 3.05) is 19.0 Å². The molecule has 1 aromatic carbocycles. The van der Waals surface area contributed by atoms with Crippen LogP contribution in [0.15, 0.2) is 41.1 Å². The second-order valence-electron chi connectivity index (χ2n) is 8.20. The predicted octanol–water partition coefficient (Wildman–Crippen LogP) is 4.41. The molecule has 3 aromatic heterocycles. The maximum Gasteiger partial charge on any atom is 0.321 e. The Labute approximate surface area is 189 Å². The van der Waals surface area contributed by atoms with Gasteiger partial charge in [-0.1, -0.05) is 38.2 Å². The molecule has 0 aliphatic rings. The minimum Gasteiger partial charge on any atom is -0.495 e. The third-order valence-corrected chi connectivity index (χ3v) is 5.56. The Bertz CT molecular complexity index is 1240. The summed E-state index contributed by atoms with van der Waals surface area (Å²) in [6, 6.07) is 7.51. The van der Waals surface area contributed by atoms with E-state index in [2.05, 4.69) is 30.8 Å². The highest BCUT2D eigenvalue weighted by atomic mass is 32.1. The van der Waals surface area contributed by atoms with Crippen LogP contribution in [-0.4, -0.2) is 39.9 Å². The van der Waals surface area contributed by atoms with Crippen LogP contribution in [-0.2, 0) is 11.8 Å². The lowest BCUT2D eigenvalue weighted by molar-refractivity contribution is 0.252. The highest BCUT2D eigenvalue weighted by Crippen LogP contribution is 2.31. The van der Waals surface area contributed by atoms with Crippen molar-refractivity contribution in [1.82, 2.24) is 25.5 Å². The number of fused-ring (bicyclic) bond motifs is 1. The van der Waals surface area contributed by atoms with E-state index in [9.17, 15) is 4.79 Å². The van der Waals surface area contributed by atoms with Gasteiger partial charge in [-0.05, 0) is 23.8 Å². The van der Waals surface area contributed by atoms with Crippen molar-refractivity contribution >= 4 is 32.7 Å². The summed E-state index contributed by atoms with van der Waals surface area (Å²) in [5.74, 6) is 1.77. The molecule has 4 aromatic rings. The molecule has 0 unspecified atom stereocenters. The van der Waals surface area contributed by atoms with E-state index in [1.165, 1.54) is 11.3 Å². The Kier molecular flexibility index (Phi) is 6.04. The average Bonchev–Trinajstić information content (AvgIpc) is 3.39. The molecule has 3 heterocycles. The first-order valence-corrected chi connectivity index (χ1v) is 10.9. The lowest BCUT2D eigenvalue weighted by Crippen LogP contribution is -2.30. The lowest BCUT2D eigenvalue weighted by atomic mass is 9.97. The second kappa shape index (κ2) is 8.91. The van der Waals surface area contributed by atoms with Gasteiger partial charge < -0.3 is 14.5 Å². The van der Waals surface area contributed by atoms with Gasteiger partial charge in [0.1, 0.15) is 5.75 Å². The number of benzene rings is 1. The Hall–Kier alpha value is -3.53. The first-order valence-electron chi connectivity index (χ1n) is 10.1. The molecule has 0 aliphatic heterocycles. The molecule has 2 N–H and O–H groups in total. The molecule has 0 radical (unpaired) electrons. The number of anilines is 1. The number of carbonyl (C=O) groups is 1. The Morgan fingerprint density at radius 3 is 2.75 bits per heavy atom. The minimum atomic E-state index is -0.336. The van der Waals surface area contributed by atoms with Gasteiger partial charge in [0.25, 0.3) is 0 Å². The van der Waals surface area contributed by atoms with Crippen molar-refractivity contribution in [3.63, 3.8) is 0 Å². The topological polar surface area (TPSA) is 115 Å². The zero-order valence-electron chi connectivity index (χ0n) is 18.3. The molecule has 4 rings (SSSR count). The van der Waals surface area contributed by atoms with Gasteiger partial charge in [0.15, 0.2) is 5.13 Å². The van der Waals surface area contributed by atoms with Crippen LogP contribution in [0.3, 0.4) is 0 Å². The Morgan fingerprint density at radius 1 is 1.16 bits per heavy atom. The molecule has 0 bridgehead atoms. The number of nitrogens with one attached hydrogen (secondary N) is 2. The number of methoxy groups -OCH3 is 1. The van der Waals surface area contributed by atoms with E-state index in [1.807, 2.05) is 45.0 Å². The van der Waals surface area contributed by atoms with E-state index in [4.69, 9.17) is 9.15 Å². The van der Waals surface area contributed by atoms with Crippen molar-refractivity contribution < 1.29 is 13.9 Å². The number of aromatic nitrogens is 4. The number of urea groups is 1. The maximum atomic E-state index is 12.3. The van der Waals surface area contributed by atoms with Gasteiger partial charge in [0, 0.05) is 30.1 Å². The molecular formula is C22H24N6O3S. The van der Waals surface area contributed by atoms with E-state index in [-0.39, 0.29) is 11.4 Å². The van der Waals surface area contributed by atoms with Crippen LogP contribution < -0.4 is 15.4 Å². The SMILES string of the molecule is COc1cncc(-c2ccc3nc(NC(=O)NCCc4nnc(C(C)(C)C)o4)sc3c2)c1. The molecule has 9 nitrogen and oxygen atoms in total. The molecule has 0 spiro atoms. The zero-order valence-corrected chi connectivity index (χ0v) is 19.1. The standard InChI is InChI=1S/C22H24N6O3S/c1-22(2,3)19-28-27-18(31-19)7-8-24-20(29)26-21-25-16-6-5-13(10-17(16)32-21)14-9-15(30-4)12-23-11-14/h5-6,9-12H,7-8H2,1-4H3,(H2,24,25,26,29). The van der Waals surface area contributed by atoms with Crippen LogP contribution in [0.5, 0.6) is 5.75 Å². The summed E-state index contributed by atoms with van der Waals surface area (Å²) in [4.78, 5) is 20.9. The number of amides is 2. The van der Waals surface area contributed by atoms with Crippen LogP contribution in [0.2, 0.25) is 0 Å². The van der Waals surface area contributed by atoms with Gasteiger partial charge in [-0.2, -0.15) is 0 Å². The van der Waals surface area contributed by atoms with Crippen LogP contribution in [0.1, 0.15) is 32.6 Å². The zero-order chi connectivity index (χ0) is 22.7. The van der Waals surface area contributed by atoms with Crippen molar-refractivity contribution in [2.45, 2.75) is 32.6 Å². The first-order chi connectivity index (χ1) is 15.3. The van der Waals surface area contributed by atoms with Gasteiger partial charge in [-0.3, -0.25) is 10.3 Å². The number of carbonyl (C=O) groups excluding carboxylic acids is 1. The molecule has 0 fully saturated rings. The van der Waals surface area contributed by atoms with E-state index in [0.29, 0.717) is 35.6 Å². The number of pyridine rings is 1. The quantitative estimate of drug-likeness (QED) is 0.445. The number of thiazole rings is 1. The first kappa shape index (κ1) is 21.7. The smallest absolute Gasteiger partial charge is 0.321 e. The van der Waals surface area contributed by atoms with Crippen LogP contribution in [0.4, 0.5) is 9.93 Å². The van der Waals surface area contributed by atoms with E-state index in [1.54, 1.807) is 19.5 Å². The molecule has 0 atom stereocenters. The third kappa shape index (κ3) is 5.02. The van der Waals surface area contributed by atoms with Crippen LogP contribution in [0.25, 0.3) is 21.3 Å². The maximum absolute atomic E-state index is 12.3. The highest BCUT2D eigenvalue weighted by Gasteiger charge is 2.21. The molecule has 0 saturated heterocycles. The number of rotatable bonds is 6. The summed E-state index contributed by atoms with van der Waals surface area (Å²) >= 11 is 1.40. The molecule has 32 heavy (non-hydrogen) atoms. The minimum absolute atomic E-state index is 0.203. The Morgan fingerprint density at radius 2 is 2.00 bits per heavy atom. The normalized spacial score (nSPS) is 11.5. The third-order valence-electron chi connectivity index (χ3n) is 4.62. The van der Waals surface area contributed by atoms with E-state index >= 15 is 0 Å². The fraction of sp³-hybridized carbons (Fsp3) is 0.318. The van der Waals surface area contributed by atoms with Gasteiger partial charge in [0.2, 0.25) is 11.8 Å². The second-order valence-corrected chi connectivity index (χ2v) is 9.23. The van der Waals surface area contributed by atoms with Crippen LogP contribution >= 0.6 is 11.3 Å². The van der Waals surface area contributed by atoms with Crippen molar-refractivity contribution in [1.29, 1.82) is 0 Å². The van der Waals surface area contributed by atoms with Crippen LogP contribution in [0, 0.1) is 0 Å². The average molecular weight is 453 g/mol. The fourth-order valence-corrected chi connectivity index (χ4v) is 3.83. The van der Waals surface area contributed by atoms with Gasteiger partial charge in [0.05, 0.1) is 23.5 Å². The van der Waals surface area contributed by atoms with Crippen molar-refractivity contribution in [3.8, 4) is 16.9 Å². The number of hydrogen-bond acceptors (Lipinski definition) is 8. The van der Waals surface area contributed by atoms with Gasteiger partial charge >= 0.3 is 6.03 Å². The molecular weight excluding hydrogens is 428 g/mol. The molecule has 0 aliphatic carbocycles. The van der Waals surface area contributed by atoms with E-state index < -0.39 is 0 Å². The molecule has 0 saturated carbocycles. The van der Waals surface area contributed by atoms with E-state index in [0.717, 1.165) is 21.3 Å². The lowest BCUT2D eigenvalue weighted by Gasteiger charge is -2.11. The number of nitrogens with zero attached hydrogens (tertiary/aromatic N) is 4. The largest absolute Gasteiger partial charge is 0.495 e. The van der Waals surface area contributed by atoms with Crippen molar-refractivity contribution in [3.05, 3.63) is 48.4 Å². The summed E-state index contributed by atoms with van der Waals surface area (Å²) in [5, 5.41) is 14.2. The van der Waals surface area contributed by atoms with Gasteiger partial charge in [-0.25, -0.2) is 9.78 Å². The number of ether oxygens (including phenoxy) is 1. The summed E-state index contributed by atoms with van der Waals surface area (Å²) in [7, 11) is 1.61. The predicted molar refractivity (Wildman–Crippen MR) is 123 cm³/mol. The number of hydrogen-bond donors (Lipinski definition) is 2. The van der Waals surface area contributed by atoms with Crippen molar-refractivity contribution in [2.24, 2.45) is 0 Å². The molecule has 166 valence electrons. The summed E-state index contributed by atoms with van der Waals surface area (Å²) < 4.78 is 11.8.